The summed E-state index contributed by atoms with van der Waals surface area (Å²) in [5.41, 5.74) is -0.212. The van der Waals surface area contributed by atoms with Crippen LogP contribution in [0.3, 0.4) is 0 Å². The van der Waals surface area contributed by atoms with Crippen molar-refractivity contribution in [3.8, 4) is 6.07 Å². The van der Waals surface area contributed by atoms with E-state index in [1.807, 2.05) is 13.8 Å². The molecule has 0 aromatic carbocycles. The number of nitrogens with zero attached hydrogens (tertiary/aromatic N) is 2. The van der Waals surface area contributed by atoms with Crippen LogP contribution in [-0.2, 0) is 4.79 Å². The third-order valence-corrected chi connectivity index (χ3v) is 5.03. The van der Waals surface area contributed by atoms with Crippen molar-refractivity contribution in [2.45, 2.75) is 71.3 Å². The molecular weight excluding hydrogens is 248 g/mol. The Hall–Kier alpha value is -0.880. The highest BCUT2D eigenvalue weighted by Gasteiger charge is 2.36. The lowest BCUT2D eigenvalue weighted by Crippen LogP contribution is -2.41. The first-order valence-corrected chi connectivity index (χ1v) is 8.21. The average molecular weight is 276 g/mol. The molecule has 112 valence electrons. The minimum Gasteiger partial charge on any atom is -0.300 e. The summed E-state index contributed by atoms with van der Waals surface area (Å²) in [4.78, 5) is 14.7. The maximum atomic E-state index is 12.1. The van der Waals surface area contributed by atoms with E-state index in [1.165, 1.54) is 19.3 Å². The zero-order chi connectivity index (χ0) is 14.6. The first-order valence-electron chi connectivity index (χ1n) is 8.21. The van der Waals surface area contributed by atoms with Gasteiger partial charge in [0.1, 0.15) is 5.78 Å². The Labute approximate surface area is 123 Å². The number of rotatable bonds is 5. The Morgan fingerprint density at radius 1 is 1.30 bits per heavy atom. The third kappa shape index (κ3) is 3.82. The molecule has 0 N–H and O–H groups in total. The Morgan fingerprint density at radius 2 is 2.10 bits per heavy atom. The molecule has 20 heavy (non-hydrogen) atoms. The molecule has 0 radical (unpaired) electrons. The smallest absolute Gasteiger partial charge is 0.137 e. The van der Waals surface area contributed by atoms with E-state index < -0.39 is 0 Å². The van der Waals surface area contributed by atoms with E-state index in [2.05, 4.69) is 11.0 Å². The van der Waals surface area contributed by atoms with Crippen LogP contribution in [0.1, 0.15) is 65.2 Å². The van der Waals surface area contributed by atoms with Crippen LogP contribution in [0.5, 0.6) is 0 Å². The summed E-state index contributed by atoms with van der Waals surface area (Å²) in [5.74, 6) is 0.806. The van der Waals surface area contributed by atoms with E-state index in [0.717, 1.165) is 45.2 Å². The molecule has 1 saturated carbocycles. The summed E-state index contributed by atoms with van der Waals surface area (Å²) >= 11 is 0. The molecule has 3 nitrogen and oxygen atoms in total. The highest BCUT2D eigenvalue weighted by atomic mass is 16.1. The second-order valence-electron chi connectivity index (χ2n) is 7.16. The fraction of sp³-hybridized carbons (Fsp3) is 0.882. The quantitative estimate of drug-likeness (QED) is 0.771. The minimum absolute atomic E-state index is 0.212. The number of hydrogen-bond donors (Lipinski definition) is 0. The van der Waals surface area contributed by atoms with Gasteiger partial charge in [-0.2, -0.15) is 5.26 Å². The van der Waals surface area contributed by atoms with Crippen molar-refractivity contribution >= 4 is 5.78 Å². The Bertz CT molecular complexity index is 383. The largest absolute Gasteiger partial charge is 0.300 e. The molecule has 1 aliphatic heterocycles. The maximum absolute atomic E-state index is 12.1. The standard InChI is InChI=1S/C17H28N2O/c1-17(2,13-18)10-6-12-19-11-5-8-15(19)14-7-3-4-9-16(14)20/h14-15H,3-12H2,1-2H3. The fourth-order valence-electron chi connectivity index (χ4n) is 3.78. The SMILES string of the molecule is CC(C)(C#N)CCCN1CCCC1C1CCCCC1=O. The minimum atomic E-state index is -0.212. The van der Waals surface area contributed by atoms with Crippen LogP contribution < -0.4 is 0 Å². The highest BCUT2D eigenvalue weighted by molar-refractivity contribution is 5.82. The van der Waals surface area contributed by atoms with Gasteiger partial charge in [0.15, 0.2) is 0 Å². The number of hydrogen-bond acceptors (Lipinski definition) is 3. The summed E-state index contributed by atoms with van der Waals surface area (Å²) in [6.07, 6.45) is 8.66. The molecule has 3 heteroatoms. The monoisotopic (exact) mass is 276 g/mol. The van der Waals surface area contributed by atoms with Crippen LogP contribution in [0.2, 0.25) is 0 Å². The molecular formula is C17H28N2O. The van der Waals surface area contributed by atoms with Gasteiger partial charge in [-0.3, -0.25) is 9.69 Å². The van der Waals surface area contributed by atoms with Gasteiger partial charge in [-0.05, 0) is 65.5 Å². The predicted octanol–water partition coefficient (Wildman–Crippen LogP) is 3.54. The Balaban J connectivity index is 1.85. The molecule has 0 aromatic rings. The van der Waals surface area contributed by atoms with E-state index in [0.29, 0.717) is 17.7 Å². The van der Waals surface area contributed by atoms with Crippen molar-refractivity contribution in [2.24, 2.45) is 11.3 Å². The molecule has 0 aromatic heterocycles. The van der Waals surface area contributed by atoms with Gasteiger partial charge in [0.05, 0.1) is 11.5 Å². The van der Waals surface area contributed by atoms with Gasteiger partial charge < -0.3 is 0 Å². The third-order valence-electron chi connectivity index (χ3n) is 5.03. The molecule has 1 heterocycles. The first-order chi connectivity index (χ1) is 9.53. The van der Waals surface area contributed by atoms with Crippen LogP contribution in [0.25, 0.3) is 0 Å². The molecule has 0 bridgehead atoms. The van der Waals surface area contributed by atoms with Crippen molar-refractivity contribution in [1.82, 2.24) is 4.90 Å². The summed E-state index contributed by atoms with van der Waals surface area (Å²) in [6.45, 7) is 6.22. The van der Waals surface area contributed by atoms with Crippen LogP contribution in [0.4, 0.5) is 0 Å². The fourth-order valence-corrected chi connectivity index (χ4v) is 3.78. The van der Waals surface area contributed by atoms with Crippen LogP contribution in [-0.4, -0.2) is 29.8 Å². The molecule has 0 spiro atoms. The van der Waals surface area contributed by atoms with Crippen LogP contribution >= 0.6 is 0 Å². The van der Waals surface area contributed by atoms with Gasteiger partial charge >= 0.3 is 0 Å². The van der Waals surface area contributed by atoms with Gasteiger partial charge in [0, 0.05) is 18.4 Å². The van der Waals surface area contributed by atoms with E-state index in [-0.39, 0.29) is 5.41 Å². The van der Waals surface area contributed by atoms with Crippen LogP contribution in [0, 0.1) is 22.7 Å². The van der Waals surface area contributed by atoms with Crippen molar-refractivity contribution in [1.29, 1.82) is 5.26 Å². The van der Waals surface area contributed by atoms with Gasteiger partial charge in [0.2, 0.25) is 0 Å². The Morgan fingerprint density at radius 3 is 2.80 bits per heavy atom. The second-order valence-corrected chi connectivity index (χ2v) is 7.16. The predicted molar refractivity (Wildman–Crippen MR) is 80.2 cm³/mol. The summed E-state index contributed by atoms with van der Waals surface area (Å²) in [5, 5.41) is 9.07. The molecule has 1 aliphatic carbocycles. The lowest BCUT2D eigenvalue weighted by molar-refractivity contribution is -0.126. The number of carbonyl (C=O) groups is 1. The van der Waals surface area contributed by atoms with E-state index >= 15 is 0 Å². The van der Waals surface area contributed by atoms with Crippen molar-refractivity contribution in [2.75, 3.05) is 13.1 Å². The van der Waals surface area contributed by atoms with Gasteiger partial charge in [0.25, 0.3) is 0 Å². The molecule has 2 atom stereocenters. The highest BCUT2D eigenvalue weighted by Crippen LogP contribution is 2.33. The molecule has 2 rings (SSSR count). The lowest BCUT2D eigenvalue weighted by atomic mass is 9.81. The maximum Gasteiger partial charge on any atom is 0.137 e. The lowest BCUT2D eigenvalue weighted by Gasteiger charge is -2.33. The number of ketones is 1. The molecule has 2 unspecified atom stereocenters. The van der Waals surface area contributed by atoms with Crippen molar-refractivity contribution in [3.63, 3.8) is 0 Å². The number of nitriles is 1. The van der Waals surface area contributed by atoms with E-state index in [9.17, 15) is 4.79 Å². The summed E-state index contributed by atoms with van der Waals surface area (Å²) < 4.78 is 0. The first kappa shape index (κ1) is 15.5. The zero-order valence-electron chi connectivity index (χ0n) is 13.0. The number of carbonyl (C=O) groups excluding carboxylic acids is 1. The molecule has 0 amide bonds. The van der Waals surface area contributed by atoms with Crippen molar-refractivity contribution < 1.29 is 4.79 Å². The molecule has 2 aliphatic rings. The number of likely N-dealkylation sites (tertiary alicyclic amines) is 1. The Kier molecular flexibility index (Phi) is 5.21. The van der Waals surface area contributed by atoms with Crippen LogP contribution in [0.15, 0.2) is 0 Å². The second kappa shape index (κ2) is 6.72. The van der Waals surface area contributed by atoms with Gasteiger partial charge in [-0.1, -0.05) is 6.42 Å². The van der Waals surface area contributed by atoms with E-state index in [4.69, 9.17) is 5.26 Å². The van der Waals surface area contributed by atoms with E-state index in [1.54, 1.807) is 0 Å². The summed E-state index contributed by atoms with van der Waals surface area (Å²) in [7, 11) is 0. The average Bonchev–Trinajstić information content (AvgIpc) is 2.87. The summed E-state index contributed by atoms with van der Waals surface area (Å²) in [6, 6.07) is 2.87. The number of Topliss-reactive ketones (excluding diaryl/α,β-unsaturated/α-hetero) is 1. The topological polar surface area (TPSA) is 44.1 Å². The zero-order valence-corrected chi connectivity index (χ0v) is 13.0. The molecule has 2 fully saturated rings. The normalized spacial score (nSPS) is 28.6. The van der Waals surface area contributed by atoms with Gasteiger partial charge in [-0.15, -0.1) is 0 Å². The van der Waals surface area contributed by atoms with Crippen molar-refractivity contribution in [3.05, 3.63) is 0 Å². The molecule has 1 saturated heterocycles. The van der Waals surface area contributed by atoms with Gasteiger partial charge in [-0.25, -0.2) is 0 Å².